The Morgan fingerprint density at radius 2 is 2.05 bits per heavy atom. The summed E-state index contributed by atoms with van der Waals surface area (Å²) in [5, 5.41) is 20.5. The maximum Gasteiger partial charge on any atom is 0.257 e. The van der Waals surface area contributed by atoms with Crippen molar-refractivity contribution in [1.29, 1.82) is 0 Å². The number of aliphatic hydroxyl groups is 2. The van der Waals surface area contributed by atoms with Crippen molar-refractivity contribution in [3.63, 3.8) is 0 Å². The van der Waals surface area contributed by atoms with E-state index in [0.717, 1.165) is 0 Å². The lowest BCUT2D eigenvalue weighted by molar-refractivity contribution is 0.0680. The summed E-state index contributed by atoms with van der Waals surface area (Å²) in [5.74, 6) is -1.29. The molecule has 0 saturated carbocycles. The number of nitrogens with zero attached hydrogens (tertiary/aromatic N) is 2. The molecule has 1 rings (SSSR count). The Labute approximate surface area is 110 Å². The van der Waals surface area contributed by atoms with Crippen LogP contribution < -0.4 is 5.32 Å². The number of carbonyl (C=O) groups excluding carboxylic acids is 1. The van der Waals surface area contributed by atoms with Crippen molar-refractivity contribution in [2.24, 2.45) is 0 Å². The third kappa shape index (κ3) is 3.87. The van der Waals surface area contributed by atoms with Crippen LogP contribution in [0.4, 0.5) is 10.2 Å². The van der Waals surface area contributed by atoms with Gasteiger partial charge in [0.2, 0.25) is 0 Å². The minimum Gasteiger partial charge on any atom is -0.395 e. The van der Waals surface area contributed by atoms with Crippen LogP contribution in [-0.2, 0) is 0 Å². The summed E-state index contributed by atoms with van der Waals surface area (Å²) in [5.41, 5.74) is -0.132. The number of hydrogen-bond donors (Lipinski definition) is 3. The second-order valence-corrected chi connectivity index (χ2v) is 3.79. The molecule has 0 aliphatic carbocycles. The number of hydrogen-bond acceptors (Lipinski definition) is 5. The first-order chi connectivity index (χ1) is 9.15. The van der Waals surface area contributed by atoms with E-state index in [1.165, 1.54) is 17.2 Å². The number of nitrogens with one attached hydrogen (secondary N) is 1. The van der Waals surface area contributed by atoms with Crippen molar-refractivity contribution in [2.75, 3.05) is 38.2 Å². The largest absolute Gasteiger partial charge is 0.395 e. The molecule has 0 aliphatic heterocycles. The van der Waals surface area contributed by atoms with Gasteiger partial charge in [0.05, 0.1) is 18.8 Å². The normalized spacial score (nSPS) is 10.3. The van der Waals surface area contributed by atoms with Crippen LogP contribution in [-0.4, -0.2) is 58.9 Å². The van der Waals surface area contributed by atoms with Gasteiger partial charge >= 0.3 is 0 Å². The first kappa shape index (κ1) is 15.3. The third-order valence-corrected chi connectivity index (χ3v) is 2.49. The summed E-state index contributed by atoms with van der Waals surface area (Å²) in [6, 6.07) is 1.28. The number of aliphatic hydroxyl groups excluding tert-OH is 2. The van der Waals surface area contributed by atoms with Crippen LogP contribution in [0.25, 0.3) is 0 Å². The van der Waals surface area contributed by atoms with Crippen molar-refractivity contribution in [2.45, 2.75) is 6.92 Å². The molecule has 106 valence electrons. The summed E-state index contributed by atoms with van der Waals surface area (Å²) in [7, 11) is 0. The van der Waals surface area contributed by atoms with Gasteiger partial charge in [0, 0.05) is 25.8 Å². The Morgan fingerprint density at radius 3 is 2.58 bits per heavy atom. The van der Waals surface area contributed by atoms with Gasteiger partial charge in [-0.05, 0) is 13.0 Å². The molecule has 1 aromatic heterocycles. The van der Waals surface area contributed by atoms with Crippen molar-refractivity contribution in [3.05, 3.63) is 23.6 Å². The molecular weight excluding hydrogens is 253 g/mol. The molecule has 0 fully saturated rings. The summed E-state index contributed by atoms with van der Waals surface area (Å²) < 4.78 is 14.1. The SMILES string of the molecule is CCNc1nccc(C(=O)N(CCO)CCO)c1F. The molecule has 3 N–H and O–H groups in total. The zero-order chi connectivity index (χ0) is 14.3. The Morgan fingerprint density at radius 1 is 1.42 bits per heavy atom. The topological polar surface area (TPSA) is 85.7 Å². The Hall–Kier alpha value is -1.73. The Balaban J connectivity index is 3.00. The summed E-state index contributed by atoms with van der Waals surface area (Å²) in [6.07, 6.45) is 1.34. The molecule has 0 atom stereocenters. The van der Waals surface area contributed by atoms with E-state index in [1.807, 2.05) is 0 Å². The van der Waals surface area contributed by atoms with Crippen molar-refractivity contribution >= 4 is 11.7 Å². The van der Waals surface area contributed by atoms with E-state index in [1.54, 1.807) is 6.92 Å². The number of carbonyl (C=O) groups is 1. The second kappa shape index (κ2) is 7.65. The highest BCUT2D eigenvalue weighted by atomic mass is 19.1. The molecule has 0 saturated heterocycles. The van der Waals surface area contributed by atoms with Gasteiger partial charge in [-0.1, -0.05) is 0 Å². The van der Waals surface area contributed by atoms with Gasteiger partial charge in [0.1, 0.15) is 0 Å². The second-order valence-electron chi connectivity index (χ2n) is 3.79. The number of anilines is 1. The van der Waals surface area contributed by atoms with E-state index in [9.17, 15) is 9.18 Å². The number of aromatic nitrogens is 1. The Bertz CT molecular complexity index is 423. The van der Waals surface area contributed by atoms with Crippen molar-refractivity contribution in [3.8, 4) is 0 Å². The molecule has 1 amide bonds. The van der Waals surface area contributed by atoms with Crippen LogP contribution in [0.3, 0.4) is 0 Å². The van der Waals surface area contributed by atoms with Crippen LogP contribution in [0, 0.1) is 5.82 Å². The molecule has 0 bridgehead atoms. The molecule has 0 spiro atoms. The number of halogens is 1. The molecule has 19 heavy (non-hydrogen) atoms. The van der Waals surface area contributed by atoms with Gasteiger partial charge in [-0.2, -0.15) is 0 Å². The van der Waals surface area contributed by atoms with E-state index >= 15 is 0 Å². The fourth-order valence-electron chi connectivity index (χ4n) is 1.63. The monoisotopic (exact) mass is 271 g/mol. The van der Waals surface area contributed by atoms with Gasteiger partial charge in [0.25, 0.3) is 5.91 Å². The first-order valence-corrected chi connectivity index (χ1v) is 6.05. The van der Waals surface area contributed by atoms with Gasteiger partial charge in [0.15, 0.2) is 11.6 Å². The van der Waals surface area contributed by atoms with E-state index in [4.69, 9.17) is 10.2 Å². The van der Waals surface area contributed by atoms with Gasteiger partial charge < -0.3 is 20.4 Å². The molecule has 1 aromatic rings. The molecule has 0 radical (unpaired) electrons. The third-order valence-electron chi connectivity index (χ3n) is 2.49. The smallest absolute Gasteiger partial charge is 0.257 e. The van der Waals surface area contributed by atoms with Crippen LogP contribution in [0.15, 0.2) is 12.3 Å². The lowest BCUT2D eigenvalue weighted by Gasteiger charge is -2.21. The first-order valence-electron chi connectivity index (χ1n) is 6.05. The standard InChI is InChI=1S/C12H18FN3O3/c1-2-14-11-10(13)9(3-4-15-11)12(19)16(5-7-17)6-8-18/h3-4,17-18H,2,5-8H2,1H3,(H,14,15). The van der Waals surface area contributed by atoms with Gasteiger partial charge in [-0.15, -0.1) is 0 Å². The lowest BCUT2D eigenvalue weighted by Crippen LogP contribution is -2.36. The number of pyridine rings is 1. The molecule has 7 heteroatoms. The quantitative estimate of drug-likeness (QED) is 0.654. The van der Waals surface area contributed by atoms with Crippen LogP contribution in [0.1, 0.15) is 17.3 Å². The summed E-state index contributed by atoms with van der Waals surface area (Å²) >= 11 is 0. The fraction of sp³-hybridized carbons (Fsp3) is 0.500. The molecule has 0 aromatic carbocycles. The minimum atomic E-state index is -0.727. The Kier molecular flexibility index (Phi) is 6.17. The fourth-order valence-corrected chi connectivity index (χ4v) is 1.63. The van der Waals surface area contributed by atoms with E-state index in [2.05, 4.69) is 10.3 Å². The van der Waals surface area contributed by atoms with Crippen molar-refractivity contribution < 1.29 is 19.4 Å². The minimum absolute atomic E-state index is 0.0151. The molecule has 0 unspecified atom stereocenters. The average Bonchev–Trinajstić information content (AvgIpc) is 2.40. The molecule has 6 nitrogen and oxygen atoms in total. The molecular formula is C12H18FN3O3. The zero-order valence-corrected chi connectivity index (χ0v) is 10.8. The highest BCUT2D eigenvalue weighted by Crippen LogP contribution is 2.16. The van der Waals surface area contributed by atoms with Gasteiger partial charge in [-0.3, -0.25) is 4.79 Å². The van der Waals surface area contributed by atoms with E-state index in [0.29, 0.717) is 6.54 Å². The molecule has 0 aliphatic rings. The average molecular weight is 271 g/mol. The number of rotatable bonds is 7. The maximum absolute atomic E-state index is 14.1. The highest BCUT2D eigenvalue weighted by Gasteiger charge is 2.20. The van der Waals surface area contributed by atoms with Gasteiger partial charge in [-0.25, -0.2) is 9.37 Å². The molecule has 1 heterocycles. The van der Waals surface area contributed by atoms with E-state index < -0.39 is 11.7 Å². The zero-order valence-electron chi connectivity index (χ0n) is 10.8. The maximum atomic E-state index is 14.1. The number of amides is 1. The lowest BCUT2D eigenvalue weighted by atomic mass is 10.2. The van der Waals surface area contributed by atoms with Crippen LogP contribution in [0.2, 0.25) is 0 Å². The van der Waals surface area contributed by atoms with E-state index in [-0.39, 0.29) is 37.7 Å². The predicted octanol–water partition coefficient (Wildman–Crippen LogP) is 0.0793. The van der Waals surface area contributed by atoms with Crippen molar-refractivity contribution in [1.82, 2.24) is 9.88 Å². The predicted molar refractivity (Wildman–Crippen MR) is 68.4 cm³/mol. The van der Waals surface area contributed by atoms with Crippen LogP contribution >= 0.6 is 0 Å². The van der Waals surface area contributed by atoms with Crippen LogP contribution in [0.5, 0.6) is 0 Å². The summed E-state index contributed by atoms with van der Waals surface area (Å²) in [4.78, 5) is 17.1. The summed E-state index contributed by atoms with van der Waals surface area (Å²) in [6.45, 7) is 1.85. The highest BCUT2D eigenvalue weighted by molar-refractivity contribution is 5.95.